The molecule has 1 N–H and O–H groups in total. The summed E-state index contributed by atoms with van der Waals surface area (Å²) in [6.07, 6.45) is 2.10. The Kier molecular flexibility index (Phi) is 9.41. The van der Waals surface area contributed by atoms with E-state index in [0.29, 0.717) is 38.3 Å². The molecule has 0 fully saturated rings. The molecule has 200 valence electrons. The predicted octanol–water partition coefficient (Wildman–Crippen LogP) is 5.25. The third-order valence-electron chi connectivity index (χ3n) is 6.94. The molecule has 1 aliphatic heterocycles. The van der Waals surface area contributed by atoms with E-state index in [1.807, 2.05) is 87.5 Å². The lowest BCUT2D eigenvalue weighted by Crippen LogP contribution is -2.52. The first-order chi connectivity index (χ1) is 18.4. The lowest BCUT2D eigenvalue weighted by atomic mass is 10.0. The van der Waals surface area contributed by atoms with Crippen LogP contribution in [-0.4, -0.2) is 42.0 Å². The van der Waals surface area contributed by atoms with Crippen LogP contribution in [-0.2, 0) is 29.0 Å². The van der Waals surface area contributed by atoms with Crippen LogP contribution in [0.3, 0.4) is 0 Å². The lowest BCUT2D eigenvalue weighted by Gasteiger charge is -2.32. The van der Waals surface area contributed by atoms with E-state index in [9.17, 15) is 9.59 Å². The highest BCUT2D eigenvalue weighted by atomic mass is 16.6. The van der Waals surface area contributed by atoms with E-state index in [0.717, 1.165) is 34.4 Å². The first-order valence-corrected chi connectivity index (χ1v) is 13.5. The number of amides is 2. The van der Waals surface area contributed by atoms with Gasteiger partial charge in [-0.25, -0.2) is 0 Å². The number of hydrogen-bond acceptors (Lipinski definition) is 4. The molecule has 0 spiro atoms. The molecular weight excluding hydrogens is 476 g/mol. The maximum Gasteiger partial charge on any atom is 0.243 e. The van der Waals surface area contributed by atoms with E-state index in [2.05, 4.69) is 11.4 Å². The van der Waals surface area contributed by atoms with Gasteiger partial charge >= 0.3 is 0 Å². The van der Waals surface area contributed by atoms with Gasteiger partial charge in [-0.15, -0.1) is 0 Å². The van der Waals surface area contributed by atoms with Gasteiger partial charge in [0, 0.05) is 25.4 Å². The highest BCUT2D eigenvalue weighted by molar-refractivity contribution is 5.88. The van der Waals surface area contributed by atoms with E-state index in [1.165, 1.54) is 0 Å². The molecular formula is C32H38N2O4. The minimum absolute atomic E-state index is 0.0226. The fourth-order valence-electron chi connectivity index (χ4n) is 4.64. The maximum absolute atomic E-state index is 13.9. The number of aryl methyl sites for hydroxylation is 2. The molecule has 3 aromatic carbocycles. The Balaban J connectivity index is 1.60. The highest BCUT2D eigenvalue weighted by Gasteiger charge is 2.31. The Morgan fingerprint density at radius 2 is 1.63 bits per heavy atom. The molecule has 38 heavy (non-hydrogen) atoms. The van der Waals surface area contributed by atoms with Gasteiger partial charge in [-0.1, -0.05) is 73.2 Å². The van der Waals surface area contributed by atoms with Crippen molar-refractivity contribution in [2.45, 2.75) is 65.1 Å². The van der Waals surface area contributed by atoms with Crippen LogP contribution in [0.2, 0.25) is 0 Å². The number of carbonyl (C=O) groups is 2. The third kappa shape index (κ3) is 7.37. The van der Waals surface area contributed by atoms with Crippen LogP contribution >= 0.6 is 0 Å². The van der Waals surface area contributed by atoms with E-state index < -0.39 is 6.04 Å². The minimum Gasteiger partial charge on any atom is -0.486 e. The van der Waals surface area contributed by atoms with E-state index in [1.54, 1.807) is 4.90 Å². The van der Waals surface area contributed by atoms with Gasteiger partial charge in [-0.2, -0.15) is 0 Å². The van der Waals surface area contributed by atoms with Crippen LogP contribution in [0, 0.1) is 6.92 Å². The van der Waals surface area contributed by atoms with Crippen LogP contribution in [0.5, 0.6) is 11.5 Å². The molecule has 0 saturated heterocycles. The number of rotatable bonds is 11. The van der Waals surface area contributed by atoms with Gasteiger partial charge in [0.15, 0.2) is 11.5 Å². The summed E-state index contributed by atoms with van der Waals surface area (Å²) < 4.78 is 11.3. The van der Waals surface area contributed by atoms with Gasteiger partial charge in [0.25, 0.3) is 0 Å². The van der Waals surface area contributed by atoms with Gasteiger partial charge in [0.2, 0.25) is 11.8 Å². The Hall–Kier alpha value is -3.80. The zero-order valence-corrected chi connectivity index (χ0v) is 22.6. The number of nitrogens with one attached hydrogen (secondary N) is 1. The van der Waals surface area contributed by atoms with Crippen molar-refractivity contribution >= 4 is 11.8 Å². The van der Waals surface area contributed by atoms with Crippen LogP contribution in [0.25, 0.3) is 0 Å². The number of carbonyl (C=O) groups excluding carboxylic acids is 2. The average molecular weight is 515 g/mol. The zero-order valence-electron chi connectivity index (χ0n) is 22.6. The Labute approximate surface area is 226 Å². The fraction of sp³-hybridized carbons (Fsp3) is 0.375. The van der Waals surface area contributed by atoms with Crippen molar-refractivity contribution in [3.05, 3.63) is 95.1 Å². The summed E-state index contributed by atoms with van der Waals surface area (Å²) in [6, 6.07) is 23.2. The number of hydrogen-bond donors (Lipinski definition) is 1. The van der Waals surface area contributed by atoms with Crippen molar-refractivity contribution in [1.82, 2.24) is 10.2 Å². The second-order valence-corrected chi connectivity index (χ2v) is 10.0. The molecule has 2 atom stereocenters. The third-order valence-corrected chi connectivity index (χ3v) is 6.94. The van der Waals surface area contributed by atoms with Gasteiger partial charge < -0.3 is 19.7 Å². The normalized spacial score (nSPS) is 13.9. The monoisotopic (exact) mass is 514 g/mol. The summed E-state index contributed by atoms with van der Waals surface area (Å²) in [5.41, 5.74) is 4.15. The quantitative estimate of drug-likeness (QED) is 0.379. The van der Waals surface area contributed by atoms with Gasteiger partial charge in [0.1, 0.15) is 19.3 Å². The smallest absolute Gasteiger partial charge is 0.243 e. The SMILES string of the molecule is CC[C@H](C)NC(=O)[C@@H](Cc1ccccc1)N(Cc1cccc(C)c1)C(=O)CCc1ccc2c(c1)OCCO2. The summed E-state index contributed by atoms with van der Waals surface area (Å²) in [5.74, 6) is 1.27. The van der Waals surface area contributed by atoms with E-state index in [-0.39, 0.29) is 24.3 Å². The van der Waals surface area contributed by atoms with Crippen molar-refractivity contribution < 1.29 is 19.1 Å². The fourth-order valence-corrected chi connectivity index (χ4v) is 4.64. The molecule has 0 unspecified atom stereocenters. The molecule has 0 bridgehead atoms. The molecule has 0 saturated carbocycles. The Morgan fingerprint density at radius 1 is 0.895 bits per heavy atom. The van der Waals surface area contributed by atoms with Crippen LogP contribution in [0.1, 0.15) is 48.9 Å². The number of benzene rings is 3. The van der Waals surface area contributed by atoms with Crippen molar-refractivity contribution in [2.24, 2.45) is 0 Å². The average Bonchev–Trinajstić information content (AvgIpc) is 2.94. The van der Waals surface area contributed by atoms with Crippen LogP contribution in [0.15, 0.2) is 72.8 Å². The lowest BCUT2D eigenvalue weighted by molar-refractivity contribution is -0.141. The highest BCUT2D eigenvalue weighted by Crippen LogP contribution is 2.31. The molecule has 1 aliphatic rings. The molecule has 6 nitrogen and oxygen atoms in total. The molecule has 0 aromatic heterocycles. The predicted molar refractivity (Wildman–Crippen MR) is 149 cm³/mol. The van der Waals surface area contributed by atoms with E-state index >= 15 is 0 Å². The number of ether oxygens (including phenoxy) is 2. The standard InChI is InChI=1S/C32H38N2O4/c1-4-24(3)33-32(36)28(20-25-10-6-5-7-11-25)34(22-27-12-8-9-23(2)19-27)31(35)16-14-26-13-15-29-30(21-26)38-18-17-37-29/h5-13,15,19,21,24,28H,4,14,16-18,20,22H2,1-3H3,(H,33,36)/t24-,28+/m0/s1. The molecule has 1 heterocycles. The summed E-state index contributed by atoms with van der Waals surface area (Å²) in [5, 5.41) is 3.13. The van der Waals surface area contributed by atoms with Gasteiger partial charge in [0.05, 0.1) is 0 Å². The van der Waals surface area contributed by atoms with Crippen molar-refractivity contribution in [3.8, 4) is 11.5 Å². The first-order valence-electron chi connectivity index (χ1n) is 13.5. The second kappa shape index (κ2) is 13.1. The largest absolute Gasteiger partial charge is 0.486 e. The molecule has 3 aromatic rings. The van der Waals surface area contributed by atoms with Crippen LogP contribution < -0.4 is 14.8 Å². The summed E-state index contributed by atoms with van der Waals surface area (Å²) in [6.45, 7) is 7.50. The number of fused-ring (bicyclic) bond motifs is 1. The summed E-state index contributed by atoms with van der Waals surface area (Å²) in [4.78, 5) is 29.3. The summed E-state index contributed by atoms with van der Waals surface area (Å²) >= 11 is 0. The minimum atomic E-state index is -0.625. The Morgan fingerprint density at radius 3 is 2.37 bits per heavy atom. The molecule has 0 aliphatic carbocycles. The second-order valence-electron chi connectivity index (χ2n) is 10.0. The molecule has 4 rings (SSSR count). The first kappa shape index (κ1) is 27.2. The van der Waals surface area contributed by atoms with Crippen molar-refractivity contribution in [2.75, 3.05) is 13.2 Å². The topological polar surface area (TPSA) is 67.9 Å². The van der Waals surface area contributed by atoms with Gasteiger partial charge in [-0.05, 0) is 55.5 Å². The van der Waals surface area contributed by atoms with E-state index in [4.69, 9.17) is 9.47 Å². The molecule has 6 heteroatoms. The zero-order chi connectivity index (χ0) is 26.9. The Bertz CT molecular complexity index is 1230. The number of nitrogens with zero attached hydrogens (tertiary/aromatic N) is 1. The van der Waals surface area contributed by atoms with Gasteiger partial charge in [-0.3, -0.25) is 9.59 Å². The van der Waals surface area contributed by atoms with Crippen LogP contribution in [0.4, 0.5) is 0 Å². The molecule has 2 amide bonds. The van der Waals surface area contributed by atoms with Crippen molar-refractivity contribution in [3.63, 3.8) is 0 Å². The van der Waals surface area contributed by atoms with Crippen molar-refractivity contribution in [1.29, 1.82) is 0 Å². The summed E-state index contributed by atoms with van der Waals surface area (Å²) in [7, 11) is 0. The molecule has 0 radical (unpaired) electrons. The maximum atomic E-state index is 13.9.